The molecule has 0 aliphatic heterocycles. The number of aryl methyl sites for hydroxylation is 1. The molecular weight excluding hydrogens is 380 g/mol. The Morgan fingerprint density at radius 3 is 2.89 bits per heavy atom. The lowest BCUT2D eigenvalue weighted by Gasteiger charge is -2.17. The van der Waals surface area contributed by atoms with Crippen LogP contribution in [0.25, 0.3) is 17.0 Å². The molecule has 0 bridgehead atoms. The SMILES string of the molecule is CCn1ncc2cc(Cl)nc(/C=C/COCC(NC(=O)O)c3ccccc3)c21. The van der Waals surface area contributed by atoms with Crippen molar-refractivity contribution in [2.75, 3.05) is 13.2 Å². The van der Waals surface area contributed by atoms with Gasteiger partial charge in [0.1, 0.15) is 5.15 Å². The third-order valence-corrected chi connectivity index (χ3v) is 4.38. The fourth-order valence-corrected chi connectivity index (χ4v) is 3.15. The van der Waals surface area contributed by atoms with Gasteiger partial charge in [-0.3, -0.25) is 4.68 Å². The average molecular weight is 401 g/mol. The molecule has 28 heavy (non-hydrogen) atoms. The Hall–Kier alpha value is -2.90. The molecule has 1 amide bonds. The summed E-state index contributed by atoms with van der Waals surface area (Å²) in [5.74, 6) is 0. The van der Waals surface area contributed by atoms with E-state index in [1.54, 1.807) is 12.3 Å². The number of carboxylic acid groups (broad SMARTS) is 1. The zero-order valence-electron chi connectivity index (χ0n) is 15.4. The summed E-state index contributed by atoms with van der Waals surface area (Å²) in [5, 5.41) is 17.2. The summed E-state index contributed by atoms with van der Waals surface area (Å²) in [6.45, 7) is 3.26. The second-order valence-corrected chi connectivity index (χ2v) is 6.47. The van der Waals surface area contributed by atoms with Gasteiger partial charge in [0.15, 0.2) is 0 Å². The van der Waals surface area contributed by atoms with Crippen LogP contribution in [-0.4, -0.2) is 39.2 Å². The highest BCUT2D eigenvalue weighted by Crippen LogP contribution is 2.22. The molecule has 1 aromatic carbocycles. The van der Waals surface area contributed by atoms with Crippen molar-refractivity contribution in [3.8, 4) is 0 Å². The number of hydrogen-bond donors (Lipinski definition) is 2. The van der Waals surface area contributed by atoms with Crippen molar-refractivity contribution in [2.24, 2.45) is 0 Å². The van der Waals surface area contributed by atoms with Crippen LogP contribution >= 0.6 is 11.6 Å². The van der Waals surface area contributed by atoms with Crippen molar-refractivity contribution in [1.29, 1.82) is 0 Å². The highest BCUT2D eigenvalue weighted by atomic mass is 35.5. The molecule has 2 N–H and O–H groups in total. The summed E-state index contributed by atoms with van der Waals surface area (Å²) in [6.07, 6.45) is 4.34. The Balaban J connectivity index is 1.66. The molecule has 0 saturated heterocycles. The number of ether oxygens (including phenoxy) is 1. The molecule has 0 radical (unpaired) electrons. The second-order valence-electron chi connectivity index (χ2n) is 6.08. The van der Waals surface area contributed by atoms with E-state index in [-0.39, 0.29) is 6.61 Å². The molecule has 2 aromatic heterocycles. The van der Waals surface area contributed by atoms with E-state index in [0.717, 1.165) is 23.0 Å². The smallest absolute Gasteiger partial charge is 0.405 e. The molecule has 1 unspecified atom stereocenters. The largest absolute Gasteiger partial charge is 0.465 e. The summed E-state index contributed by atoms with van der Waals surface area (Å²) in [7, 11) is 0. The van der Waals surface area contributed by atoms with Gasteiger partial charge in [-0.1, -0.05) is 48.0 Å². The normalized spacial score (nSPS) is 12.5. The Bertz CT molecular complexity index is 972. The van der Waals surface area contributed by atoms with Crippen LogP contribution in [0.4, 0.5) is 4.79 Å². The first-order chi connectivity index (χ1) is 13.6. The highest BCUT2D eigenvalue weighted by molar-refractivity contribution is 6.30. The van der Waals surface area contributed by atoms with Gasteiger partial charge in [0.25, 0.3) is 0 Å². The summed E-state index contributed by atoms with van der Waals surface area (Å²) < 4.78 is 7.52. The van der Waals surface area contributed by atoms with Crippen LogP contribution in [0.5, 0.6) is 0 Å². The summed E-state index contributed by atoms with van der Waals surface area (Å²) in [4.78, 5) is 15.4. The van der Waals surface area contributed by atoms with Crippen LogP contribution in [0.15, 0.2) is 48.7 Å². The van der Waals surface area contributed by atoms with E-state index < -0.39 is 12.1 Å². The molecule has 3 rings (SSSR count). The number of benzene rings is 1. The molecule has 8 heteroatoms. The van der Waals surface area contributed by atoms with Crippen molar-refractivity contribution in [3.05, 3.63) is 65.1 Å². The predicted molar refractivity (Wildman–Crippen MR) is 108 cm³/mol. The Labute approximate surface area is 167 Å². The number of hydrogen-bond acceptors (Lipinski definition) is 4. The number of fused-ring (bicyclic) bond motifs is 1. The van der Waals surface area contributed by atoms with Crippen LogP contribution in [0.2, 0.25) is 5.15 Å². The monoisotopic (exact) mass is 400 g/mol. The molecular formula is C20H21ClN4O3. The van der Waals surface area contributed by atoms with Gasteiger partial charge >= 0.3 is 6.09 Å². The van der Waals surface area contributed by atoms with Gasteiger partial charge in [0, 0.05) is 11.9 Å². The zero-order valence-corrected chi connectivity index (χ0v) is 16.1. The van der Waals surface area contributed by atoms with Gasteiger partial charge in [-0.2, -0.15) is 5.10 Å². The van der Waals surface area contributed by atoms with Crippen molar-refractivity contribution in [2.45, 2.75) is 19.5 Å². The standard InChI is InChI=1S/C20H21ClN4O3/c1-2-25-19-15(12-22-25)11-18(21)23-16(19)9-6-10-28-13-17(24-20(26)27)14-7-4-3-5-8-14/h3-9,11-12,17,24H,2,10,13H2,1H3,(H,26,27)/b9-6+. The number of pyridine rings is 1. The average Bonchev–Trinajstić information content (AvgIpc) is 3.10. The zero-order chi connectivity index (χ0) is 19.9. The van der Waals surface area contributed by atoms with Gasteiger partial charge in [-0.05, 0) is 24.6 Å². The Kier molecular flexibility index (Phi) is 6.62. The summed E-state index contributed by atoms with van der Waals surface area (Å²) >= 11 is 6.10. The maximum atomic E-state index is 11.0. The first-order valence-electron chi connectivity index (χ1n) is 8.89. The predicted octanol–water partition coefficient (Wildman–Crippen LogP) is 4.14. The molecule has 7 nitrogen and oxygen atoms in total. The lowest BCUT2D eigenvalue weighted by molar-refractivity contribution is 0.129. The number of carbonyl (C=O) groups is 1. The fraction of sp³-hybridized carbons (Fsp3) is 0.250. The molecule has 2 heterocycles. The summed E-state index contributed by atoms with van der Waals surface area (Å²) in [5.41, 5.74) is 2.48. The van der Waals surface area contributed by atoms with E-state index in [4.69, 9.17) is 21.4 Å². The lowest BCUT2D eigenvalue weighted by Crippen LogP contribution is -2.30. The van der Waals surface area contributed by atoms with Gasteiger partial charge < -0.3 is 15.2 Å². The minimum atomic E-state index is -1.09. The number of amides is 1. The minimum Gasteiger partial charge on any atom is -0.465 e. The molecule has 3 aromatic rings. The third kappa shape index (κ3) is 4.88. The number of halogens is 1. The number of aromatic nitrogens is 3. The van der Waals surface area contributed by atoms with E-state index in [0.29, 0.717) is 17.5 Å². The second kappa shape index (κ2) is 9.34. The third-order valence-electron chi connectivity index (χ3n) is 4.19. The molecule has 0 fully saturated rings. The van der Waals surface area contributed by atoms with E-state index in [2.05, 4.69) is 15.4 Å². The van der Waals surface area contributed by atoms with Crippen LogP contribution in [-0.2, 0) is 11.3 Å². The molecule has 0 spiro atoms. The first kappa shape index (κ1) is 19.9. The van der Waals surface area contributed by atoms with E-state index >= 15 is 0 Å². The number of rotatable bonds is 8. The minimum absolute atomic E-state index is 0.214. The maximum absolute atomic E-state index is 11.0. The summed E-state index contributed by atoms with van der Waals surface area (Å²) in [6, 6.07) is 10.7. The maximum Gasteiger partial charge on any atom is 0.405 e. The topological polar surface area (TPSA) is 89.3 Å². The van der Waals surface area contributed by atoms with Crippen molar-refractivity contribution in [3.63, 3.8) is 0 Å². The van der Waals surface area contributed by atoms with Gasteiger partial charge in [0.05, 0.1) is 36.7 Å². The fourth-order valence-electron chi connectivity index (χ4n) is 2.94. The number of nitrogens with one attached hydrogen (secondary N) is 1. The van der Waals surface area contributed by atoms with E-state index in [1.165, 1.54) is 0 Å². The Morgan fingerprint density at radius 2 is 2.18 bits per heavy atom. The van der Waals surface area contributed by atoms with Gasteiger partial charge in [0.2, 0.25) is 0 Å². The van der Waals surface area contributed by atoms with E-state index in [1.807, 2.05) is 54.1 Å². The number of nitrogens with zero attached hydrogens (tertiary/aromatic N) is 3. The van der Waals surface area contributed by atoms with Crippen LogP contribution in [0.3, 0.4) is 0 Å². The van der Waals surface area contributed by atoms with Gasteiger partial charge in [-0.25, -0.2) is 9.78 Å². The first-order valence-corrected chi connectivity index (χ1v) is 9.27. The van der Waals surface area contributed by atoms with Crippen LogP contribution in [0.1, 0.15) is 24.2 Å². The van der Waals surface area contributed by atoms with Crippen LogP contribution in [0, 0.1) is 0 Å². The molecule has 1 atom stereocenters. The van der Waals surface area contributed by atoms with E-state index in [9.17, 15) is 4.79 Å². The highest BCUT2D eigenvalue weighted by Gasteiger charge is 2.13. The lowest BCUT2D eigenvalue weighted by atomic mass is 10.1. The van der Waals surface area contributed by atoms with Crippen molar-refractivity contribution in [1.82, 2.24) is 20.1 Å². The van der Waals surface area contributed by atoms with Crippen LogP contribution < -0.4 is 5.32 Å². The quantitative estimate of drug-likeness (QED) is 0.438. The molecule has 0 aliphatic rings. The molecule has 0 saturated carbocycles. The van der Waals surface area contributed by atoms with Gasteiger partial charge in [-0.15, -0.1) is 0 Å². The molecule has 0 aliphatic carbocycles. The Morgan fingerprint density at radius 1 is 1.39 bits per heavy atom. The van der Waals surface area contributed by atoms with Crippen molar-refractivity contribution < 1.29 is 14.6 Å². The molecule has 146 valence electrons. The van der Waals surface area contributed by atoms with Crippen molar-refractivity contribution >= 4 is 34.7 Å².